The van der Waals surface area contributed by atoms with E-state index in [0.717, 1.165) is 22.5 Å². The first-order chi connectivity index (χ1) is 7.70. The molecular formula is C12H14N4. The molecule has 0 aromatic carbocycles. The summed E-state index contributed by atoms with van der Waals surface area (Å²) < 4.78 is 0. The molecule has 0 fully saturated rings. The van der Waals surface area contributed by atoms with Gasteiger partial charge in [0.15, 0.2) is 5.82 Å². The Morgan fingerprint density at radius 3 is 2.75 bits per heavy atom. The molecule has 0 bridgehead atoms. The highest BCUT2D eigenvalue weighted by molar-refractivity contribution is 5.54. The first-order valence-corrected chi connectivity index (χ1v) is 5.16. The number of pyridine rings is 1. The van der Waals surface area contributed by atoms with Crippen molar-refractivity contribution in [3.8, 4) is 11.5 Å². The van der Waals surface area contributed by atoms with E-state index in [9.17, 15) is 0 Å². The lowest BCUT2D eigenvalue weighted by Crippen LogP contribution is -2.03. The second-order valence-corrected chi connectivity index (χ2v) is 3.75. The van der Waals surface area contributed by atoms with E-state index < -0.39 is 0 Å². The average Bonchev–Trinajstić information content (AvgIpc) is 2.29. The zero-order chi connectivity index (χ0) is 11.5. The van der Waals surface area contributed by atoms with Gasteiger partial charge in [-0.05, 0) is 31.0 Å². The molecule has 82 valence electrons. The van der Waals surface area contributed by atoms with Crippen LogP contribution in [0.15, 0.2) is 24.5 Å². The zero-order valence-corrected chi connectivity index (χ0v) is 9.44. The third kappa shape index (κ3) is 2.06. The molecule has 2 aromatic heterocycles. The van der Waals surface area contributed by atoms with Gasteiger partial charge in [-0.2, -0.15) is 0 Å². The number of hydrogen-bond acceptors (Lipinski definition) is 4. The van der Waals surface area contributed by atoms with Gasteiger partial charge < -0.3 is 5.73 Å². The summed E-state index contributed by atoms with van der Waals surface area (Å²) >= 11 is 0. The third-order valence-electron chi connectivity index (χ3n) is 2.35. The highest BCUT2D eigenvalue weighted by Gasteiger charge is 2.07. The van der Waals surface area contributed by atoms with E-state index in [0.29, 0.717) is 12.4 Å². The summed E-state index contributed by atoms with van der Waals surface area (Å²) in [6.45, 7) is 4.44. The average molecular weight is 214 g/mol. The van der Waals surface area contributed by atoms with Crippen molar-refractivity contribution in [2.24, 2.45) is 5.73 Å². The molecule has 0 radical (unpaired) electrons. The molecular weight excluding hydrogens is 200 g/mol. The highest BCUT2D eigenvalue weighted by atomic mass is 14.9. The third-order valence-corrected chi connectivity index (χ3v) is 2.35. The van der Waals surface area contributed by atoms with Gasteiger partial charge in [0.2, 0.25) is 0 Å². The maximum atomic E-state index is 5.55. The second kappa shape index (κ2) is 4.37. The molecule has 0 saturated carbocycles. The Hall–Kier alpha value is -1.81. The number of hydrogen-bond donors (Lipinski definition) is 1. The van der Waals surface area contributed by atoms with E-state index in [1.165, 1.54) is 0 Å². The first-order valence-electron chi connectivity index (χ1n) is 5.16. The number of aryl methyl sites for hydroxylation is 2. The summed E-state index contributed by atoms with van der Waals surface area (Å²) in [5.74, 6) is 0.639. The predicted molar refractivity (Wildman–Crippen MR) is 62.6 cm³/mol. The molecule has 0 unspecified atom stereocenters. The number of rotatable bonds is 2. The number of nitrogens with zero attached hydrogens (tertiary/aromatic N) is 3. The lowest BCUT2D eigenvalue weighted by atomic mass is 10.1. The fraction of sp³-hybridized carbons (Fsp3) is 0.250. The Labute approximate surface area is 94.6 Å². The van der Waals surface area contributed by atoms with Gasteiger partial charge in [0.1, 0.15) is 5.69 Å². The molecule has 4 heteroatoms. The molecule has 2 N–H and O–H groups in total. The van der Waals surface area contributed by atoms with Crippen molar-refractivity contribution >= 4 is 0 Å². The molecule has 0 aliphatic heterocycles. The summed E-state index contributed by atoms with van der Waals surface area (Å²) in [4.78, 5) is 12.9. The van der Waals surface area contributed by atoms with Crippen LogP contribution >= 0.6 is 0 Å². The quantitative estimate of drug-likeness (QED) is 0.825. The number of aromatic nitrogens is 3. The van der Waals surface area contributed by atoms with Crippen LogP contribution in [0.25, 0.3) is 11.5 Å². The smallest absolute Gasteiger partial charge is 0.178 e. The fourth-order valence-electron chi connectivity index (χ4n) is 1.57. The molecule has 0 aliphatic rings. The molecule has 0 saturated heterocycles. The van der Waals surface area contributed by atoms with Gasteiger partial charge in [0.05, 0.1) is 5.69 Å². The Bertz CT molecular complexity index is 508. The standard InChI is InChI=1S/C12H14N4/c1-8-5-9(2)11(15-7-8)12-14-4-3-10(6-13)16-12/h3-5,7H,6,13H2,1-2H3. The minimum atomic E-state index is 0.417. The topological polar surface area (TPSA) is 64.7 Å². The number of nitrogens with two attached hydrogens (primary N) is 1. The summed E-state index contributed by atoms with van der Waals surface area (Å²) in [6.07, 6.45) is 3.53. The molecule has 16 heavy (non-hydrogen) atoms. The molecule has 0 amide bonds. The normalized spacial score (nSPS) is 10.4. The SMILES string of the molecule is Cc1cnc(-c2nccc(CN)n2)c(C)c1. The Balaban J connectivity index is 2.49. The van der Waals surface area contributed by atoms with Crippen LogP contribution in [-0.2, 0) is 6.54 Å². The molecule has 0 aliphatic carbocycles. The van der Waals surface area contributed by atoms with E-state index >= 15 is 0 Å². The van der Waals surface area contributed by atoms with Crippen LogP contribution in [-0.4, -0.2) is 15.0 Å². The van der Waals surface area contributed by atoms with Crippen molar-refractivity contribution in [3.63, 3.8) is 0 Å². The molecule has 2 heterocycles. The van der Waals surface area contributed by atoms with Gasteiger partial charge >= 0.3 is 0 Å². The molecule has 0 atom stereocenters. The Morgan fingerprint density at radius 2 is 2.06 bits per heavy atom. The Morgan fingerprint density at radius 1 is 1.25 bits per heavy atom. The molecule has 2 aromatic rings. The fourth-order valence-corrected chi connectivity index (χ4v) is 1.57. The maximum Gasteiger partial charge on any atom is 0.178 e. The predicted octanol–water partition coefficient (Wildman–Crippen LogP) is 1.61. The lowest BCUT2D eigenvalue weighted by molar-refractivity contribution is 0.962. The van der Waals surface area contributed by atoms with Crippen LogP contribution in [0.2, 0.25) is 0 Å². The largest absolute Gasteiger partial charge is 0.325 e. The van der Waals surface area contributed by atoms with Crippen LogP contribution in [0.3, 0.4) is 0 Å². The Kier molecular flexibility index (Phi) is 2.92. The maximum absolute atomic E-state index is 5.55. The van der Waals surface area contributed by atoms with E-state index in [2.05, 4.69) is 21.0 Å². The monoisotopic (exact) mass is 214 g/mol. The van der Waals surface area contributed by atoms with E-state index in [4.69, 9.17) is 5.73 Å². The van der Waals surface area contributed by atoms with Crippen LogP contribution in [0, 0.1) is 13.8 Å². The second-order valence-electron chi connectivity index (χ2n) is 3.75. The lowest BCUT2D eigenvalue weighted by Gasteiger charge is -2.05. The van der Waals surface area contributed by atoms with Crippen LogP contribution < -0.4 is 5.73 Å². The van der Waals surface area contributed by atoms with Crippen molar-refractivity contribution < 1.29 is 0 Å². The van der Waals surface area contributed by atoms with Gasteiger partial charge in [-0.3, -0.25) is 4.98 Å². The van der Waals surface area contributed by atoms with Crippen LogP contribution in [0.1, 0.15) is 16.8 Å². The summed E-state index contributed by atoms with van der Waals surface area (Å²) in [5, 5.41) is 0. The highest BCUT2D eigenvalue weighted by Crippen LogP contribution is 2.17. The van der Waals surface area contributed by atoms with Gasteiger partial charge in [-0.25, -0.2) is 9.97 Å². The van der Waals surface area contributed by atoms with Crippen LogP contribution in [0.5, 0.6) is 0 Å². The van der Waals surface area contributed by atoms with E-state index in [1.807, 2.05) is 26.1 Å². The first kappa shape index (κ1) is 10.7. The van der Waals surface area contributed by atoms with E-state index in [-0.39, 0.29) is 0 Å². The minimum Gasteiger partial charge on any atom is -0.325 e. The zero-order valence-electron chi connectivity index (χ0n) is 9.44. The summed E-state index contributed by atoms with van der Waals surface area (Å²) in [6, 6.07) is 3.88. The summed E-state index contributed by atoms with van der Waals surface area (Å²) in [5.41, 5.74) is 9.41. The van der Waals surface area contributed by atoms with Crippen molar-refractivity contribution in [1.29, 1.82) is 0 Å². The van der Waals surface area contributed by atoms with Gasteiger partial charge in [-0.1, -0.05) is 6.07 Å². The van der Waals surface area contributed by atoms with Gasteiger partial charge in [0, 0.05) is 18.9 Å². The van der Waals surface area contributed by atoms with Crippen molar-refractivity contribution in [3.05, 3.63) is 41.3 Å². The van der Waals surface area contributed by atoms with Crippen LogP contribution in [0.4, 0.5) is 0 Å². The van der Waals surface area contributed by atoms with Gasteiger partial charge in [0.25, 0.3) is 0 Å². The minimum absolute atomic E-state index is 0.417. The molecule has 4 nitrogen and oxygen atoms in total. The van der Waals surface area contributed by atoms with Crippen molar-refractivity contribution in [1.82, 2.24) is 15.0 Å². The van der Waals surface area contributed by atoms with Crippen molar-refractivity contribution in [2.75, 3.05) is 0 Å². The van der Waals surface area contributed by atoms with E-state index in [1.54, 1.807) is 6.20 Å². The molecule has 2 rings (SSSR count). The molecule has 0 spiro atoms. The summed E-state index contributed by atoms with van der Waals surface area (Å²) in [7, 11) is 0. The van der Waals surface area contributed by atoms with Gasteiger partial charge in [-0.15, -0.1) is 0 Å². The van der Waals surface area contributed by atoms with Crippen molar-refractivity contribution in [2.45, 2.75) is 20.4 Å².